The summed E-state index contributed by atoms with van der Waals surface area (Å²) < 4.78 is 0. The molecule has 0 radical (unpaired) electrons. The van der Waals surface area contributed by atoms with Crippen LogP contribution in [0.1, 0.15) is 23.6 Å². The van der Waals surface area contributed by atoms with E-state index < -0.39 is 5.97 Å². The van der Waals surface area contributed by atoms with Gasteiger partial charge < -0.3 is 10.4 Å². The summed E-state index contributed by atoms with van der Waals surface area (Å²) in [5, 5.41) is 12.0. The highest BCUT2D eigenvalue weighted by Gasteiger charge is 2.21. The molecule has 0 fully saturated rings. The highest BCUT2D eigenvalue weighted by Crippen LogP contribution is 2.30. The summed E-state index contributed by atoms with van der Waals surface area (Å²) >= 11 is 0. The van der Waals surface area contributed by atoms with Crippen molar-refractivity contribution in [1.29, 1.82) is 0 Å². The Labute approximate surface area is 94.8 Å². The topological polar surface area (TPSA) is 49.3 Å². The fraction of sp³-hybridized carbons (Fsp3) is 0.308. The van der Waals surface area contributed by atoms with E-state index in [1.807, 2.05) is 12.1 Å². The quantitative estimate of drug-likeness (QED) is 0.757. The minimum Gasteiger partial charge on any atom is -0.478 e. The molecule has 1 aliphatic carbocycles. The summed E-state index contributed by atoms with van der Waals surface area (Å²) in [4.78, 5) is 10.6. The van der Waals surface area contributed by atoms with Crippen LogP contribution >= 0.6 is 0 Å². The second-order valence-corrected chi connectivity index (χ2v) is 4.08. The lowest BCUT2D eigenvalue weighted by Crippen LogP contribution is -2.24. The molecule has 1 aromatic rings. The number of benzene rings is 1. The van der Waals surface area contributed by atoms with Gasteiger partial charge in [-0.25, -0.2) is 4.79 Å². The van der Waals surface area contributed by atoms with Crippen molar-refractivity contribution >= 4 is 5.97 Å². The Hall–Kier alpha value is -1.61. The maximum atomic E-state index is 10.6. The first-order valence-corrected chi connectivity index (χ1v) is 5.40. The van der Waals surface area contributed by atoms with Gasteiger partial charge in [-0.15, -0.1) is 0 Å². The molecule has 0 aromatic heterocycles. The van der Waals surface area contributed by atoms with Gasteiger partial charge in [-0.05, 0) is 24.0 Å². The highest BCUT2D eigenvalue weighted by molar-refractivity contribution is 5.86. The molecule has 1 aromatic carbocycles. The molecule has 0 saturated heterocycles. The lowest BCUT2D eigenvalue weighted by molar-refractivity contribution is -0.132. The number of fused-ring (bicyclic) bond motifs is 1. The summed E-state index contributed by atoms with van der Waals surface area (Å²) in [7, 11) is 0. The third-order valence-electron chi connectivity index (χ3n) is 3.00. The zero-order valence-corrected chi connectivity index (χ0v) is 9.07. The van der Waals surface area contributed by atoms with Gasteiger partial charge in [-0.3, -0.25) is 0 Å². The van der Waals surface area contributed by atoms with Crippen molar-refractivity contribution in [2.24, 2.45) is 0 Å². The maximum absolute atomic E-state index is 10.6. The molecule has 0 amide bonds. The Morgan fingerprint density at radius 2 is 2.25 bits per heavy atom. The number of carboxylic acid groups (broad SMARTS) is 1. The van der Waals surface area contributed by atoms with Crippen molar-refractivity contribution in [3.8, 4) is 0 Å². The van der Waals surface area contributed by atoms with E-state index in [9.17, 15) is 4.79 Å². The van der Waals surface area contributed by atoms with Gasteiger partial charge in [0.05, 0.1) is 0 Å². The smallest absolute Gasteiger partial charge is 0.332 e. The van der Waals surface area contributed by atoms with Crippen LogP contribution in [0, 0.1) is 0 Å². The predicted octanol–water partition coefficient (Wildman–Crippen LogP) is 1.90. The molecule has 84 valence electrons. The minimum atomic E-state index is -0.932. The summed E-state index contributed by atoms with van der Waals surface area (Å²) in [5.41, 5.74) is 2.87. The standard InChI is InChI=1S/C13H15NO2/c1-9(13(15)16)8-14-12-7-6-10-4-2-3-5-11(10)12/h2-5,12,14H,1,6-8H2,(H,15,16). The maximum Gasteiger partial charge on any atom is 0.332 e. The third kappa shape index (κ3) is 2.14. The molecule has 1 unspecified atom stereocenters. The molecule has 1 atom stereocenters. The van der Waals surface area contributed by atoms with Gasteiger partial charge >= 0.3 is 5.97 Å². The average molecular weight is 217 g/mol. The fourth-order valence-corrected chi connectivity index (χ4v) is 2.09. The Kier molecular flexibility index (Phi) is 3.06. The summed E-state index contributed by atoms with van der Waals surface area (Å²) in [5.74, 6) is -0.932. The summed E-state index contributed by atoms with van der Waals surface area (Å²) in [6, 6.07) is 8.56. The van der Waals surface area contributed by atoms with Crippen molar-refractivity contribution in [1.82, 2.24) is 5.32 Å². The van der Waals surface area contributed by atoms with Crippen LogP contribution in [0.3, 0.4) is 0 Å². The summed E-state index contributed by atoms with van der Waals surface area (Å²) in [6.45, 7) is 3.85. The van der Waals surface area contributed by atoms with E-state index in [4.69, 9.17) is 5.11 Å². The van der Waals surface area contributed by atoms with E-state index in [-0.39, 0.29) is 11.6 Å². The summed E-state index contributed by atoms with van der Waals surface area (Å²) in [6.07, 6.45) is 2.10. The largest absolute Gasteiger partial charge is 0.478 e. The minimum absolute atomic E-state index is 0.212. The van der Waals surface area contributed by atoms with Crippen LogP contribution in [-0.2, 0) is 11.2 Å². The zero-order chi connectivity index (χ0) is 11.5. The molecule has 0 spiro atoms. The zero-order valence-electron chi connectivity index (χ0n) is 9.07. The lowest BCUT2D eigenvalue weighted by atomic mass is 10.1. The number of carbonyl (C=O) groups is 1. The van der Waals surface area contributed by atoms with Crippen LogP contribution in [0.15, 0.2) is 36.4 Å². The molecular weight excluding hydrogens is 202 g/mol. The average Bonchev–Trinajstić information content (AvgIpc) is 2.69. The Bertz CT molecular complexity index is 426. The van der Waals surface area contributed by atoms with E-state index >= 15 is 0 Å². The van der Waals surface area contributed by atoms with Crippen molar-refractivity contribution in [2.45, 2.75) is 18.9 Å². The Morgan fingerprint density at radius 3 is 3.00 bits per heavy atom. The molecule has 0 aliphatic heterocycles. The van der Waals surface area contributed by atoms with Crippen LogP contribution in [-0.4, -0.2) is 17.6 Å². The van der Waals surface area contributed by atoms with Gasteiger partial charge in [-0.2, -0.15) is 0 Å². The van der Waals surface area contributed by atoms with Gasteiger partial charge in [0.1, 0.15) is 0 Å². The van der Waals surface area contributed by atoms with Gasteiger partial charge in [0.2, 0.25) is 0 Å². The molecular formula is C13H15NO2. The van der Waals surface area contributed by atoms with E-state index in [1.54, 1.807) is 0 Å². The van der Waals surface area contributed by atoms with E-state index in [0.717, 1.165) is 12.8 Å². The first-order chi connectivity index (χ1) is 7.68. The molecule has 0 saturated carbocycles. The number of rotatable bonds is 4. The van der Waals surface area contributed by atoms with Crippen molar-refractivity contribution < 1.29 is 9.90 Å². The third-order valence-corrected chi connectivity index (χ3v) is 3.00. The van der Waals surface area contributed by atoms with Gasteiger partial charge in [0.25, 0.3) is 0 Å². The normalized spacial score (nSPS) is 18.1. The molecule has 0 heterocycles. The second-order valence-electron chi connectivity index (χ2n) is 4.08. The first-order valence-electron chi connectivity index (χ1n) is 5.40. The molecule has 2 N–H and O–H groups in total. The Balaban J connectivity index is 1.99. The number of aryl methyl sites for hydroxylation is 1. The van der Waals surface area contributed by atoms with Crippen LogP contribution in [0.5, 0.6) is 0 Å². The molecule has 1 aliphatic rings. The molecule has 0 bridgehead atoms. The van der Waals surface area contributed by atoms with Crippen molar-refractivity contribution in [3.05, 3.63) is 47.5 Å². The Morgan fingerprint density at radius 1 is 1.50 bits per heavy atom. The van der Waals surface area contributed by atoms with Gasteiger partial charge in [0.15, 0.2) is 0 Å². The monoisotopic (exact) mass is 217 g/mol. The fourth-order valence-electron chi connectivity index (χ4n) is 2.09. The van der Waals surface area contributed by atoms with Crippen LogP contribution in [0.4, 0.5) is 0 Å². The van der Waals surface area contributed by atoms with Crippen LogP contribution in [0.25, 0.3) is 0 Å². The van der Waals surface area contributed by atoms with Gasteiger partial charge in [0, 0.05) is 18.2 Å². The SMILES string of the molecule is C=C(CNC1CCc2ccccc21)C(=O)O. The first kappa shape index (κ1) is 10.9. The van der Waals surface area contributed by atoms with Crippen LogP contribution < -0.4 is 5.32 Å². The number of hydrogen-bond acceptors (Lipinski definition) is 2. The highest BCUT2D eigenvalue weighted by atomic mass is 16.4. The molecule has 2 rings (SSSR count). The molecule has 16 heavy (non-hydrogen) atoms. The predicted molar refractivity (Wildman–Crippen MR) is 62.3 cm³/mol. The van der Waals surface area contributed by atoms with Crippen molar-refractivity contribution in [2.75, 3.05) is 6.54 Å². The van der Waals surface area contributed by atoms with Crippen LogP contribution in [0.2, 0.25) is 0 Å². The number of nitrogens with one attached hydrogen (secondary N) is 1. The second kappa shape index (κ2) is 4.49. The molecule has 3 nitrogen and oxygen atoms in total. The van der Waals surface area contributed by atoms with E-state index in [0.29, 0.717) is 6.54 Å². The van der Waals surface area contributed by atoms with Gasteiger partial charge in [-0.1, -0.05) is 30.8 Å². The molecule has 3 heteroatoms. The number of aliphatic carboxylic acids is 1. The number of hydrogen-bond donors (Lipinski definition) is 2. The van der Waals surface area contributed by atoms with E-state index in [2.05, 4.69) is 24.0 Å². The van der Waals surface area contributed by atoms with E-state index in [1.165, 1.54) is 11.1 Å². The lowest BCUT2D eigenvalue weighted by Gasteiger charge is -2.13. The number of carboxylic acids is 1. The van der Waals surface area contributed by atoms with Crippen molar-refractivity contribution in [3.63, 3.8) is 0 Å².